The minimum absolute atomic E-state index is 0.00675. The zero-order valence-electron chi connectivity index (χ0n) is 9.24. The summed E-state index contributed by atoms with van der Waals surface area (Å²) in [4.78, 5) is 12.9. The summed E-state index contributed by atoms with van der Waals surface area (Å²) in [6, 6.07) is 5.67. The summed E-state index contributed by atoms with van der Waals surface area (Å²) >= 11 is 5.61. The summed E-state index contributed by atoms with van der Waals surface area (Å²) in [5.41, 5.74) is 0.542. The van der Waals surface area contributed by atoms with Gasteiger partial charge in [0.15, 0.2) is 0 Å². The first kappa shape index (κ1) is 13.1. The van der Waals surface area contributed by atoms with Crippen LogP contribution >= 0.6 is 11.6 Å². The molecular weight excluding hydrogens is 280 g/mol. The maximum absolute atomic E-state index is 11.5. The summed E-state index contributed by atoms with van der Waals surface area (Å²) < 4.78 is 27.2. The first-order chi connectivity index (χ1) is 8.41. The molecule has 0 radical (unpaired) electrons. The molecule has 98 valence electrons. The van der Waals surface area contributed by atoms with Gasteiger partial charge in [-0.3, -0.25) is 4.90 Å². The number of cyclic esters (lactones) is 1. The summed E-state index contributed by atoms with van der Waals surface area (Å²) in [5.74, 6) is 0.220. The Morgan fingerprint density at radius 1 is 1.39 bits per heavy atom. The fourth-order valence-corrected chi connectivity index (χ4v) is 2.30. The maximum atomic E-state index is 11.5. The molecule has 0 spiro atoms. The fourth-order valence-electron chi connectivity index (χ4n) is 1.63. The SMILES string of the molecule is NS(=O)(=O)c1ccc(N2CC(CCl)OC2=O)cc1. The second kappa shape index (κ2) is 4.75. The van der Waals surface area contributed by atoms with Gasteiger partial charge in [0, 0.05) is 5.69 Å². The van der Waals surface area contributed by atoms with Crippen LogP contribution in [0.25, 0.3) is 0 Å². The van der Waals surface area contributed by atoms with Gasteiger partial charge in [-0.15, -0.1) is 11.6 Å². The van der Waals surface area contributed by atoms with Crippen LogP contribution in [-0.2, 0) is 14.8 Å². The van der Waals surface area contributed by atoms with Gasteiger partial charge < -0.3 is 4.74 Å². The van der Waals surface area contributed by atoms with Crippen molar-refractivity contribution in [3.05, 3.63) is 24.3 Å². The lowest BCUT2D eigenvalue weighted by Crippen LogP contribution is -2.24. The van der Waals surface area contributed by atoms with Crippen molar-refractivity contribution in [1.82, 2.24) is 0 Å². The number of ether oxygens (including phenoxy) is 1. The average molecular weight is 291 g/mol. The first-order valence-corrected chi connectivity index (χ1v) is 7.17. The Hall–Kier alpha value is -1.31. The van der Waals surface area contributed by atoms with E-state index in [0.29, 0.717) is 12.2 Å². The van der Waals surface area contributed by atoms with Gasteiger partial charge in [0.1, 0.15) is 6.10 Å². The highest BCUT2D eigenvalue weighted by atomic mass is 35.5. The van der Waals surface area contributed by atoms with Crippen LogP contribution in [0, 0.1) is 0 Å². The van der Waals surface area contributed by atoms with Crippen LogP contribution in [0.15, 0.2) is 29.2 Å². The van der Waals surface area contributed by atoms with E-state index < -0.39 is 16.1 Å². The maximum Gasteiger partial charge on any atom is 0.414 e. The molecule has 18 heavy (non-hydrogen) atoms. The zero-order chi connectivity index (χ0) is 13.3. The number of primary sulfonamides is 1. The molecule has 8 heteroatoms. The number of carbonyl (C=O) groups is 1. The molecule has 1 aromatic rings. The first-order valence-electron chi connectivity index (χ1n) is 5.09. The van der Waals surface area contributed by atoms with Crippen molar-refractivity contribution in [3.8, 4) is 0 Å². The Kier molecular flexibility index (Phi) is 3.47. The highest BCUT2D eigenvalue weighted by Gasteiger charge is 2.31. The molecule has 1 heterocycles. The van der Waals surface area contributed by atoms with Crippen LogP contribution in [-0.4, -0.2) is 33.0 Å². The van der Waals surface area contributed by atoms with Gasteiger partial charge in [0.2, 0.25) is 10.0 Å². The molecule has 1 aliphatic rings. The van der Waals surface area contributed by atoms with Crippen LogP contribution in [0.1, 0.15) is 0 Å². The van der Waals surface area contributed by atoms with E-state index in [2.05, 4.69) is 0 Å². The smallest absolute Gasteiger partial charge is 0.414 e. The third kappa shape index (κ3) is 2.58. The number of halogens is 1. The van der Waals surface area contributed by atoms with Crippen molar-refractivity contribution < 1.29 is 17.9 Å². The number of anilines is 1. The number of benzene rings is 1. The number of alkyl halides is 1. The molecule has 1 aliphatic heterocycles. The highest BCUT2D eigenvalue weighted by molar-refractivity contribution is 7.89. The topological polar surface area (TPSA) is 89.7 Å². The fraction of sp³-hybridized carbons (Fsp3) is 0.300. The molecule has 6 nitrogen and oxygen atoms in total. The second-order valence-electron chi connectivity index (χ2n) is 3.81. The van der Waals surface area contributed by atoms with Crippen molar-refractivity contribution in [1.29, 1.82) is 0 Å². The molecule has 1 unspecified atom stereocenters. The van der Waals surface area contributed by atoms with Crippen LogP contribution < -0.4 is 10.0 Å². The molecule has 1 fully saturated rings. The minimum Gasteiger partial charge on any atom is -0.443 e. The quantitative estimate of drug-likeness (QED) is 0.838. The molecule has 2 N–H and O–H groups in total. The molecule has 1 amide bonds. The molecule has 1 saturated heterocycles. The number of carbonyl (C=O) groups excluding carboxylic acids is 1. The van der Waals surface area contributed by atoms with Crippen molar-refractivity contribution >= 4 is 33.4 Å². The summed E-state index contributed by atoms with van der Waals surface area (Å²) in [6.45, 7) is 0.344. The van der Waals surface area contributed by atoms with Gasteiger partial charge in [-0.25, -0.2) is 18.4 Å². The van der Waals surface area contributed by atoms with Crippen molar-refractivity contribution in [2.45, 2.75) is 11.0 Å². The van der Waals surface area contributed by atoms with Gasteiger partial charge in [-0.1, -0.05) is 0 Å². The van der Waals surface area contributed by atoms with Crippen LogP contribution in [0.3, 0.4) is 0 Å². The molecule has 2 rings (SSSR count). The Morgan fingerprint density at radius 2 is 2.00 bits per heavy atom. The van der Waals surface area contributed by atoms with E-state index in [1.54, 1.807) is 0 Å². The summed E-state index contributed by atoms with van der Waals surface area (Å²) in [7, 11) is -3.73. The number of hydrogen-bond acceptors (Lipinski definition) is 4. The van der Waals surface area contributed by atoms with E-state index in [-0.39, 0.29) is 16.9 Å². The normalized spacial score (nSPS) is 20.0. The van der Waals surface area contributed by atoms with Gasteiger partial charge in [-0.05, 0) is 24.3 Å². The zero-order valence-corrected chi connectivity index (χ0v) is 10.8. The minimum atomic E-state index is -3.73. The number of rotatable bonds is 3. The largest absolute Gasteiger partial charge is 0.443 e. The third-order valence-corrected chi connectivity index (χ3v) is 3.80. The lowest BCUT2D eigenvalue weighted by Gasteiger charge is -2.12. The number of nitrogens with zero attached hydrogens (tertiary/aromatic N) is 1. The van der Waals surface area contributed by atoms with Crippen LogP contribution in [0.2, 0.25) is 0 Å². The van der Waals surface area contributed by atoms with Gasteiger partial charge in [-0.2, -0.15) is 0 Å². The Balaban J connectivity index is 2.23. The van der Waals surface area contributed by atoms with E-state index >= 15 is 0 Å². The van der Waals surface area contributed by atoms with Gasteiger partial charge >= 0.3 is 6.09 Å². The Morgan fingerprint density at radius 3 is 2.44 bits per heavy atom. The number of nitrogens with two attached hydrogens (primary N) is 1. The lowest BCUT2D eigenvalue weighted by molar-refractivity contribution is 0.151. The Bertz CT molecular complexity index is 558. The van der Waals surface area contributed by atoms with Crippen molar-refractivity contribution in [2.75, 3.05) is 17.3 Å². The molecule has 0 aromatic heterocycles. The lowest BCUT2D eigenvalue weighted by atomic mass is 10.3. The predicted octanol–water partition coefficient (Wildman–Crippen LogP) is 0.898. The highest BCUT2D eigenvalue weighted by Crippen LogP contribution is 2.23. The molecule has 0 aliphatic carbocycles. The molecule has 0 bridgehead atoms. The molecular formula is C10H11ClN2O4S. The number of sulfonamides is 1. The van der Waals surface area contributed by atoms with E-state index in [1.165, 1.54) is 29.2 Å². The van der Waals surface area contributed by atoms with E-state index in [4.69, 9.17) is 21.5 Å². The van der Waals surface area contributed by atoms with E-state index in [1.807, 2.05) is 0 Å². The van der Waals surface area contributed by atoms with Crippen molar-refractivity contribution in [3.63, 3.8) is 0 Å². The summed E-state index contributed by atoms with van der Waals surface area (Å²) in [5, 5.41) is 4.98. The van der Waals surface area contributed by atoms with Gasteiger partial charge in [0.05, 0.1) is 17.3 Å². The van der Waals surface area contributed by atoms with Crippen LogP contribution in [0.5, 0.6) is 0 Å². The van der Waals surface area contributed by atoms with Gasteiger partial charge in [0.25, 0.3) is 0 Å². The monoisotopic (exact) mass is 290 g/mol. The Labute approximate surface area is 109 Å². The molecule has 1 aromatic carbocycles. The molecule has 1 atom stereocenters. The second-order valence-corrected chi connectivity index (χ2v) is 5.68. The number of hydrogen-bond donors (Lipinski definition) is 1. The van der Waals surface area contributed by atoms with Crippen molar-refractivity contribution in [2.24, 2.45) is 5.14 Å². The van der Waals surface area contributed by atoms with E-state index in [9.17, 15) is 13.2 Å². The van der Waals surface area contributed by atoms with Crippen LogP contribution in [0.4, 0.5) is 10.5 Å². The number of amides is 1. The average Bonchev–Trinajstić information content (AvgIpc) is 2.70. The standard InChI is InChI=1S/C10H11ClN2O4S/c11-5-8-6-13(10(14)17-8)7-1-3-9(4-2-7)18(12,15)16/h1-4,8H,5-6H2,(H2,12,15,16). The third-order valence-electron chi connectivity index (χ3n) is 2.52. The molecule has 0 saturated carbocycles. The van der Waals surface area contributed by atoms with E-state index in [0.717, 1.165) is 0 Å². The predicted molar refractivity (Wildman–Crippen MR) is 66.2 cm³/mol. The summed E-state index contributed by atoms with van der Waals surface area (Å²) in [6.07, 6.45) is -0.846.